The summed E-state index contributed by atoms with van der Waals surface area (Å²) in [7, 11) is 1.68. The highest BCUT2D eigenvalue weighted by molar-refractivity contribution is 14.1. The van der Waals surface area contributed by atoms with Crippen LogP contribution in [-0.2, 0) is 4.74 Å². The zero-order valence-corrected chi connectivity index (χ0v) is 13.7. The van der Waals surface area contributed by atoms with Crippen LogP contribution in [0.25, 0.3) is 0 Å². The van der Waals surface area contributed by atoms with E-state index in [-0.39, 0.29) is 12.1 Å². The topological polar surface area (TPSA) is 49.8 Å². The molecule has 110 valence electrons. The molecule has 0 radical (unpaired) electrons. The SMILES string of the molecule is COCCC[C@@H](c1ccccc1I)N(C(=O)O)C1CC1. The first kappa shape index (κ1) is 15.6. The Kier molecular flexibility index (Phi) is 5.65. The molecule has 0 spiro atoms. The minimum Gasteiger partial charge on any atom is -0.465 e. The Hall–Kier alpha value is -0.820. The molecule has 0 unspecified atom stereocenters. The van der Waals surface area contributed by atoms with Crippen molar-refractivity contribution in [2.45, 2.75) is 37.8 Å². The van der Waals surface area contributed by atoms with Crippen molar-refractivity contribution in [3.05, 3.63) is 33.4 Å². The van der Waals surface area contributed by atoms with E-state index < -0.39 is 6.09 Å². The summed E-state index contributed by atoms with van der Waals surface area (Å²) in [5.41, 5.74) is 1.11. The van der Waals surface area contributed by atoms with Gasteiger partial charge in [-0.05, 0) is 59.9 Å². The summed E-state index contributed by atoms with van der Waals surface area (Å²) in [5, 5.41) is 9.56. The average Bonchev–Trinajstić information content (AvgIpc) is 3.22. The highest BCUT2D eigenvalue weighted by atomic mass is 127. The van der Waals surface area contributed by atoms with E-state index in [0.29, 0.717) is 6.61 Å². The van der Waals surface area contributed by atoms with E-state index in [1.54, 1.807) is 12.0 Å². The third-order valence-corrected chi connectivity index (χ3v) is 4.57. The van der Waals surface area contributed by atoms with Gasteiger partial charge >= 0.3 is 6.09 Å². The second-order valence-corrected chi connectivity index (χ2v) is 6.26. The number of halogens is 1. The van der Waals surface area contributed by atoms with Crippen molar-refractivity contribution in [2.75, 3.05) is 13.7 Å². The van der Waals surface area contributed by atoms with Crippen LogP contribution in [0, 0.1) is 3.57 Å². The average molecular weight is 389 g/mol. The van der Waals surface area contributed by atoms with Gasteiger partial charge in [-0.15, -0.1) is 0 Å². The Balaban J connectivity index is 2.23. The lowest BCUT2D eigenvalue weighted by Crippen LogP contribution is -2.36. The Morgan fingerprint density at radius 3 is 2.75 bits per heavy atom. The molecule has 0 saturated heterocycles. The number of benzene rings is 1. The largest absolute Gasteiger partial charge is 0.465 e. The number of carboxylic acid groups (broad SMARTS) is 1. The van der Waals surface area contributed by atoms with Crippen LogP contribution in [0.2, 0.25) is 0 Å². The van der Waals surface area contributed by atoms with Gasteiger partial charge in [0.05, 0.1) is 6.04 Å². The maximum atomic E-state index is 11.6. The maximum absolute atomic E-state index is 11.6. The van der Waals surface area contributed by atoms with Crippen LogP contribution in [0.3, 0.4) is 0 Å². The number of methoxy groups -OCH3 is 1. The lowest BCUT2D eigenvalue weighted by atomic mass is 10.0. The molecule has 0 aliphatic heterocycles. The molecule has 1 aromatic carbocycles. The predicted octanol–water partition coefficient (Wildman–Crippen LogP) is 3.90. The second-order valence-electron chi connectivity index (χ2n) is 5.09. The van der Waals surface area contributed by atoms with E-state index in [1.807, 2.05) is 24.3 Å². The molecule has 1 amide bonds. The Morgan fingerprint density at radius 1 is 1.50 bits per heavy atom. The summed E-state index contributed by atoms with van der Waals surface area (Å²) in [6.07, 6.45) is 2.82. The molecule has 1 aliphatic carbocycles. The van der Waals surface area contributed by atoms with Crippen molar-refractivity contribution in [1.82, 2.24) is 4.90 Å². The predicted molar refractivity (Wildman–Crippen MR) is 85.9 cm³/mol. The van der Waals surface area contributed by atoms with Crippen LogP contribution in [-0.4, -0.2) is 35.9 Å². The second kappa shape index (κ2) is 7.26. The van der Waals surface area contributed by atoms with Gasteiger partial charge in [0.1, 0.15) is 0 Å². The third-order valence-electron chi connectivity index (χ3n) is 3.59. The van der Waals surface area contributed by atoms with Gasteiger partial charge in [0.25, 0.3) is 0 Å². The number of rotatable bonds is 7. The van der Waals surface area contributed by atoms with Crippen molar-refractivity contribution >= 4 is 28.7 Å². The van der Waals surface area contributed by atoms with Gasteiger partial charge < -0.3 is 9.84 Å². The molecule has 1 fully saturated rings. The molecule has 20 heavy (non-hydrogen) atoms. The van der Waals surface area contributed by atoms with E-state index in [0.717, 1.165) is 34.8 Å². The first-order valence-corrected chi connectivity index (χ1v) is 7.97. The van der Waals surface area contributed by atoms with Gasteiger partial charge in [-0.2, -0.15) is 0 Å². The smallest absolute Gasteiger partial charge is 0.408 e. The molecule has 1 aromatic rings. The molecule has 4 nitrogen and oxygen atoms in total. The van der Waals surface area contributed by atoms with Crippen molar-refractivity contribution < 1.29 is 14.6 Å². The summed E-state index contributed by atoms with van der Waals surface area (Å²) in [5.74, 6) is 0. The summed E-state index contributed by atoms with van der Waals surface area (Å²) >= 11 is 2.29. The fourth-order valence-electron chi connectivity index (χ4n) is 2.51. The van der Waals surface area contributed by atoms with Gasteiger partial charge in [0, 0.05) is 23.3 Å². The van der Waals surface area contributed by atoms with E-state index in [1.165, 1.54) is 0 Å². The number of hydrogen-bond donors (Lipinski definition) is 1. The molecule has 0 heterocycles. The molecule has 2 rings (SSSR count). The van der Waals surface area contributed by atoms with E-state index in [9.17, 15) is 9.90 Å². The zero-order valence-electron chi connectivity index (χ0n) is 11.6. The normalized spacial score (nSPS) is 15.9. The Morgan fingerprint density at radius 2 is 2.20 bits per heavy atom. The molecule has 0 bridgehead atoms. The Labute approximate surface area is 133 Å². The summed E-state index contributed by atoms with van der Waals surface area (Å²) in [6.45, 7) is 0.665. The molecule has 1 N–H and O–H groups in total. The van der Waals surface area contributed by atoms with Crippen LogP contribution in [0.1, 0.15) is 37.3 Å². The fourth-order valence-corrected chi connectivity index (χ4v) is 3.25. The number of nitrogens with zero attached hydrogens (tertiary/aromatic N) is 1. The minimum absolute atomic E-state index is 0.0664. The first-order chi connectivity index (χ1) is 9.65. The first-order valence-electron chi connectivity index (χ1n) is 6.89. The van der Waals surface area contributed by atoms with E-state index >= 15 is 0 Å². The van der Waals surface area contributed by atoms with Gasteiger partial charge in [0.2, 0.25) is 0 Å². The summed E-state index contributed by atoms with van der Waals surface area (Å²) in [4.78, 5) is 13.3. The van der Waals surface area contributed by atoms with Gasteiger partial charge in [-0.3, -0.25) is 4.90 Å². The van der Waals surface area contributed by atoms with Crippen LogP contribution < -0.4 is 0 Å². The molecule has 1 aliphatic rings. The third kappa shape index (κ3) is 3.85. The van der Waals surface area contributed by atoms with Crippen molar-refractivity contribution in [1.29, 1.82) is 0 Å². The van der Waals surface area contributed by atoms with Crippen molar-refractivity contribution in [3.8, 4) is 0 Å². The summed E-state index contributed by atoms with van der Waals surface area (Å²) in [6, 6.07) is 8.16. The zero-order chi connectivity index (χ0) is 14.5. The van der Waals surface area contributed by atoms with Gasteiger partial charge in [-0.25, -0.2) is 4.79 Å². The fraction of sp³-hybridized carbons (Fsp3) is 0.533. The lowest BCUT2D eigenvalue weighted by Gasteiger charge is -2.30. The lowest BCUT2D eigenvalue weighted by molar-refractivity contribution is 0.110. The number of carbonyl (C=O) groups is 1. The minimum atomic E-state index is -0.811. The van der Waals surface area contributed by atoms with Gasteiger partial charge in [0.15, 0.2) is 0 Å². The van der Waals surface area contributed by atoms with Crippen LogP contribution in [0.4, 0.5) is 4.79 Å². The van der Waals surface area contributed by atoms with Crippen molar-refractivity contribution in [3.63, 3.8) is 0 Å². The molecular formula is C15H20INO3. The highest BCUT2D eigenvalue weighted by Crippen LogP contribution is 2.38. The molecular weight excluding hydrogens is 369 g/mol. The quantitative estimate of drug-likeness (QED) is 0.569. The van der Waals surface area contributed by atoms with Crippen LogP contribution in [0.15, 0.2) is 24.3 Å². The number of amides is 1. The molecule has 0 aromatic heterocycles. The highest BCUT2D eigenvalue weighted by Gasteiger charge is 2.38. The van der Waals surface area contributed by atoms with Crippen LogP contribution >= 0.6 is 22.6 Å². The Bertz CT molecular complexity index is 462. The molecule has 5 heteroatoms. The monoisotopic (exact) mass is 389 g/mol. The number of hydrogen-bond acceptors (Lipinski definition) is 2. The molecule has 1 saturated carbocycles. The van der Waals surface area contributed by atoms with Crippen LogP contribution in [0.5, 0.6) is 0 Å². The maximum Gasteiger partial charge on any atom is 0.408 e. The standard InChI is InChI=1S/C15H20INO3/c1-20-10-4-7-14(12-5-2-3-6-13(12)16)17(15(18)19)11-8-9-11/h2-3,5-6,11,14H,4,7-10H2,1H3,(H,18,19)/t14-/m0/s1. The van der Waals surface area contributed by atoms with Crippen molar-refractivity contribution in [2.24, 2.45) is 0 Å². The molecule has 1 atom stereocenters. The summed E-state index contributed by atoms with van der Waals surface area (Å²) < 4.78 is 6.23. The van der Waals surface area contributed by atoms with E-state index in [2.05, 4.69) is 22.6 Å². The van der Waals surface area contributed by atoms with E-state index in [4.69, 9.17) is 4.74 Å². The number of ether oxygens (including phenoxy) is 1. The van der Waals surface area contributed by atoms with Gasteiger partial charge in [-0.1, -0.05) is 18.2 Å².